The number of ether oxygens (including phenoxy) is 6. The number of carbonyl (C=O) groups excluding carboxylic acids is 8. The first-order chi connectivity index (χ1) is 47.7. The Bertz CT molecular complexity index is 4130. The van der Waals surface area contributed by atoms with Gasteiger partial charge in [-0.05, 0) is 110 Å². The molecule has 7 heterocycles. The summed E-state index contributed by atoms with van der Waals surface area (Å²) >= 11 is 14.2. The summed E-state index contributed by atoms with van der Waals surface area (Å²) < 4.78 is 37.8. The van der Waals surface area contributed by atoms with Gasteiger partial charge in [0.05, 0.1) is 34.7 Å². The summed E-state index contributed by atoms with van der Waals surface area (Å²) in [6, 6.07) is -0.561. The van der Waals surface area contributed by atoms with E-state index in [1.807, 2.05) is 13.8 Å². The molecule has 7 amide bonds. The first-order valence-electron chi connectivity index (χ1n) is 31.5. The molecule has 5 aromatic carbocycles. The molecule has 2 fully saturated rings. The van der Waals surface area contributed by atoms with Gasteiger partial charge in [-0.25, -0.2) is 4.79 Å². The number of nitrogens with two attached hydrogens (primary N) is 2. The molecule has 0 radical (unpaired) electrons. The number of rotatable bonds is 13. The number of likely N-dealkylation sites (N-methyl/N-ethyl adjacent to an activating group) is 1. The number of phenols is 3. The second-order valence-electron chi connectivity index (χ2n) is 25.5. The van der Waals surface area contributed by atoms with Crippen molar-refractivity contribution in [1.29, 1.82) is 0 Å². The van der Waals surface area contributed by atoms with E-state index in [1.54, 1.807) is 0 Å². The van der Waals surface area contributed by atoms with E-state index in [1.165, 1.54) is 39.1 Å². The molecule has 12 rings (SSSR count). The lowest BCUT2D eigenvalue weighted by Crippen LogP contribution is -2.60. The number of carboxylic acids is 1. The van der Waals surface area contributed by atoms with E-state index in [4.69, 9.17) is 63.1 Å². The van der Waals surface area contributed by atoms with Crippen molar-refractivity contribution in [1.82, 2.24) is 37.2 Å². The Morgan fingerprint density at radius 2 is 1.33 bits per heavy atom. The summed E-state index contributed by atoms with van der Waals surface area (Å²) in [5.74, 6) is -16.7. The molecule has 5 aromatic rings. The van der Waals surface area contributed by atoms with E-state index in [-0.39, 0.29) is 39.8 Å². The van der Waals surface area contributed by atoms with E-state index in [9.17, 15) is 69.9 Å². The number of phenolic OH excluding ortho intramolecular Hbond substituents is 3. The number of carboxylic acid groups (broad SMARTS) is 1. The fourth-order valence-electron chi connectivity index (χ4n) is 12.4. The first kappa shape index (κ1) is 74.2. The van der Waals surface area contributed by atoms with E-state index in [0.29, 0.717) is 0 Å². The van der Waals surface area contributed by atoms with Crippen molar-refractivity contribution in [2.24, 2.45) is 17.4 Å². The molecule has 0 spiro atoms. The lowest BCUT2D eigenvalue weighted by molar-refractivity contribution is -0.277. The molecule has 0 unspecified atom stereocenters. The Kier molecular flexibility index (Phi) is 22.0. The number of halogens is 2. The largest absolute Gasteiger partial charge is 0.508 e. The third-order valence-electron chi connectivity index (χ3n) is 17.5. The molecule has 33 nitrogen and oxygen atoms in total. The van der Waals surface area contributed by atoms with Crippen LogP contribution >= 0.6 is 23.2 Å². The second kappa shape index (κ2) is 30.0. The van der Waals surface area contributed by atoms with Gasteiger partial charge in [0.25, 0.3) is 0 Å². The molecule has 0 aliphatic carbocycles. The third kappa shape index (κ3) is 15.7. The van der Waals surface area contributed by atoms with Crippen LogP contribution in [0.5, 0.6) is 46.0 Å². The van der Waals surface area contributed by atoms with Crippen molar-refractivity contribution in [3.63, 3.8) is 0 Å². The Morgan fingerprint density at radius 3 is 1.93 bits per heavy atom. The number of primary amides is 1. The highest BCUT2D eigenvalue weighted by Gasteiger charge is 2.49. The van der Waals surface area contributed by atoms with Crippen LogP contribution in [0.3, 0.4) is 0 Å². The van der Waals surface area contributed by atoms with Gasteiger partial charge < -0.3 is 123 Å². The van der Waals surface area contributed by atoms with Crippen LogP contribution in [-0.2, 0) is 57.4 Å². The Hall–Kier alpha value is -9.49. The average molecular weight is 1450 g/mol. The van der Waals surface area contributed by atoms with Gasteiger partial charge in [0, 0.05) is 29.2 Å². The topological polar surface area (TPSA) is 527 Å². The van der Waals surface area contributed by atoms with Crippen LogP contribution < -0.4 is 62.9 Å². The molecule has 540 valence electrons. The van der Waals surface area contributed by atoms with Crippen molar-refractivity contribution in [2.45, 2.75) is 150 Å². The standard InChI is InChI=1S/C66H73Cl2N9O24/c1-23(2)12-34(71-5)58(88)76-49-51(83)26-7-10-38(32(67)14-26)97-40-16-28-17-41(56(40)101-65-54(86)53(85)52(84)42(22-78)99-65)98-39-11-8-27(15-33(39)68)55(100-44-21-66(4,70)57(87)24(3)96-44)50-63(93)75-48(64(94)95)31-18-29(79)19-37(81)45(31)30-13-25(6-9-36(30)80)46(60(90)77-50)74-61(91)47(28)73-59(89)35(20-43(69)82)72-62(49)92/h6-11,13-19,23-24,34-35,42,44,46-55,65,71,78-81,83-86H,12,20-22,70H2,1-5H3,(H2,69,82)(H,72,92)(H,73,89)(H,74,91)(H,75,93)(H,76,88)(H,77,90)(H,94,95)/t24-,34+,35-,42+,44-,46+,47+,48-,49+,50-,51+,52+,53-,54+,55+,65-,66-/m0/s1. The molecule has 20 N–H and O–H groups in total. The highest BCUT2D eigenvalue weighted by molar-refractivity contribution is 6.32. The van der Waals surface area contributed by atoms with Gasteiger partial charge in [-0.15, -0.1) is 0 Å². The summed E-state index contributed by atoms with van der Waals surface area (Å²) in [6.45, 7) is 5.40. The van der Waals surface area contributed by atoms with Crippen LogP contribution in [0.15, 0.2) is 78.9 Å². The number of amides is 7. The maximum absolute atomic E-state index is 16.1. The predicted molar refractivity (Wildman–Crippen MR) is 348 cm³/mol. The lowest BCUT2D eigenvalue weighted by atomic mass is 9.88. The summed E-state index contributed by atoms with van der Waals surface area (Å²) in [6.07, 6.45) is -18.1. The summed E-state index contributed by atoms with van der Waals surface area (Å²) in [5, 5.41) is 118. The van der Waals surface area contributed by atoms with Crippen molar-refractivity contribution in [3.05, 3.63) is 117 Å². The summed E-state index contributed by atoms with van der Waals surface area (Å²) in [7, 11) is 1.47. The highest BCUT2D eigenvalue weighted by atomic mass is 35.5. The van der Waals surface area contributed by atoms with Gasteiger partial charge in [0.2, 0.25) is 53.4 Å². The molecule has 17 atom stereocenters. The Morgan fingerprint density at radius 1 is 0.713 bits per heavy atom. The van der Waals surface area contributed by atoms with Crippen LogP contribution in [0.2, 0.25) is 10.0 Å². The number of aliphatic hydroxyl groups is 5. The molecular formula is C66H73Cl2N9O24. The zero-order chi connectivity index (χ0) is 73.5. The maximum Gasteiger partial charge on any atom is 0.330 e. The molecule has 2 saturated heterocycles. The maximum atomic E-state index is 16.1. The van der Waals surface area contributed by atoms with Crippen molar-refractivity contribution < 1.29 is 118 Å². The number of hydrogen-bond acceptors (Lipinski definition) is 25. The first-order valence-corrected chi connectivity index (χ1v) is 32.2. The highest BCUT2D eigenvalue weighted by Crippen LogP contribution is 2.50. The number of aliphatic hydroxyl groups excluding tert-OH is 5. The summed E-state index contributed by atoms with van der Waals surface area (Å²) in [5.41, 5.74) is 7.78. The number of hydrogen-bond donors (Lipinski definition) is 18. The third-order valence-corrected chi connectivity index (χ3v) is 18.1. The fourth-order valence-corrected chi connectivity index (χ4v) is 12.8. The molecule has 0 aromatic heterocycles. The van der Waals surface area contributed by atoms with Crippen LogP contribution in [0.25, 0.3) is 11.1 Å². The average Bonchev–Trinajstić information content (AvgIpc) is 0.770. The summed E-state index contributed by atoms with van der Waals surface area (Å²) in [4.78, 5) is 132. The zero-order valence-electron chi connectivity index (χ0n) is 54.2. The van der Waals surface area contributed by atoms with Crippen LogP contribution in [-0.4, -0.2) is 186 Å². The number of Topliss-reactive ketones (excluding diaryl/α,β-unsaturated/α-hetero) is 1. The van der Waals surface area contributed by atoms with Gasteiger partial charge in [-0.3, -0.25) is 38.4 Å². The van der Waals surface area contributed by atoms with E-state index in [2.05, 4.69) is 37.2 Å². The molecular weight excluding hydrogens is 1370 g/mol. The zero-order valence-corrected chi connectivity index (χ0v) is 55.7. The molecule has 11 bridgehead atoms. The number of fused-ring (bicyclic) bond motifs is 15. The van der Waals surface area contributed by atoms with Crippen LogP contribution in [0.4, 0.5) is 0 Å². The second-order valence-corrected chi connectivity index (χ2v) is 26.3. The van der Waals surface area contributed by atoms with Gasteiger partial charge >= 0.3 is 5.97 Å². The fraction of sp³-hybridized carbons (Fsp3) is 0.409. The van der Waals surface area contributed by atoms with Gasteiger partial charge in [-0.2, -0.15) is 0 Å². The predicted octanol–water partition coefficient (Wildman–Crippen LogP) is 0.314. The number of aromatic hydroxyl groups is 3. The smallest absolute Gasteiger partial charge is 0.330 e. The van der Waals surface area contributed by atoms with Crippen molar-refractivity contribution in [3.8, 4) is 57.1 Å². The number of aliphatic carboxylic acids is 1. The number of carbonyl (C=O) groups is 9. The molecule has 35 heteroatoms. The van der Waals surface area contributed by atoms with Gasteiger partial charge in [-0.1, -0.05) is 55.2 Å². The van der Waals surface area contributed by atoms with Gasteiger partial charge in [0.15, 0.2) is 29.6 Å². The van der Waals surface area contributed by atoms with E-state index < -0.39 is 243 Å². The Labute approximate surface area is 583 Å². The normalized spacial score (nSPS) is 28.7. The molecule has 0 saturated carbocycles. The SMILES string of the molecule is CN[C@H](CC(C)C)C(=O)N[C@H]1C(=O)N[C@@H](CC(N)=O)C(=O)N[C@H]2C(=O)N[C@H]3C(=O)N[C@H](C(=O)N[C@H](C(=O)O)c4cc(O)cc(O)c4-c4cc3ccc4O)[C@H](O[C@H]3C[C@](C)(N)C(=O)[C@H](C)O3)c3ccc(c(Cl)c3)Oc3cc2cc(c3O[C@@H]2O[C@H](CO)[C@@H](O)[C@H](O)[C@H]2O)Oc2ccc(cc2Cl)[C@H]1O. The molecule has 7 aliphatic heterocycles. The van der Waals surface area contributed by atoms with Crippen molar-refractivity contribution in [2.75, 3.05) is 13.7 Å². The lowest BCUT2D eigenvalue weighted by Gasteiger charge is -2.40. The number of nitrogens with one attached hydrogen (secondary N) is 7. The molecule has 101 heavy (non-hydrogen) atoms. The van der Waals surface area contributed by atoms with E-state index >= 15 is 19.2 Å². The minimum absolute atomic E-state index is 0.0975. The van der Waals surface area contributed by atoms with Crippen LogP contribution in [0, 0.1) is 5.92 Å². The molecule has 7 aliphatic rings. The number of benzene rings is 5. The van der Waals surface area contributed by atoms with Gasteiger partial charge in [0.1, 0.15) is 102 Å². The monoisotopic (exact) mass is 1450 g/mol. The van der Waals surface area contributed by atoms with E-state index in [0.717, 1.165) is 60.7 Å². The van der Waals surface area contributed by atoms with Crippen molar-refractivity contribution >= 4 is 76.3 Å². The number of ketones is 1. The minimum atomic E-state index is -2.35. The quantitative estimate of drug-likeness (QED) is 0.0754. The van der Waals surface area contributed by atoms with Crippen LogP contribution in [0.1, 0.15) is 105 Å². The Balaban J connectivity index is 1.26. The minimum Gasteiger partial charge on any atom is -0.508 e.